The predicted octanol–water partition coefficient (Wildman–Crippen LogP) is 6.24. The Morgan fingerprint density at radius 1 is 1.11 bits per heavy atom. The minimum atomic E-state index is -0.443. The summed E-state index contributed by atoms with van der Waals surface area (Å²) in [6, 6.07) is 8.74. The number of hydrogen-bond donors (Lipinski definition) is 1. The van der Waals surface area contributed by atoms with Gasteiger partial charge < -0.3 is 9.47 Å². The van der Waals surface area contributed by atoms with Gasteiger partial charge in [0.25, 0.3) is 11.1 Å². The van der Waals surface area contributed by atoms with Crippen LogP contribution in [0.2, 0.25) is 10.0 Å². The van der Waals surface area contributed by atoms with Gasteiger partial charge in [-0.25, -0.2) is 0 Å². The number of carbonyl (C=O) groups is 2. The van der Waals surface area contributed by atoms with Gasteiger partial charge in [0.2, 0.25) is 0 Å². The van der Waals surface area contributed by atoms with Crippen LogP contribution in [0.5, 0.6) is 17.2 Å². The topological polar surface area (TPSA) is 64.6 Å². The molecule has 0 spiro atoms. The van der Waals surface area contributed by atoms with Gasteiger partial charge in [0.1, 0.15) is 11.5 Å². The summed E-state index contributed by atoms with van der Waals surface area (Å²) in [4.78, 5) is 23.2. The van der Waals surface area contributed by atoms with Crippen LogP contribution in [0.1, 0.15) is 30.9 Å². The fourth-order valence-electron chi connectivity index (χ4n) is 2.68. The molecule has 3 rings (SSSR count). The van der Waals surface area contributed by atoms with Crippen molar-refractivity contribution in [3.8, 4) is 17.2 Å². The molecule has 0 bridgehead atoms. The highest BCUT2D eigenvalue weighted by Crippen LogP contribution is 2.40. The number of rotatable bonds is 5. The molecule has 1 heterocycles. The zero-order chi connectivity index (χ0) is 20.4. The van der Waals surface area contributed by atoms with Crippen LogP contribution in [0.15, 0.2) is 35.2 Å². The van der Waals surface area contributed by atoms with Crippen molar-refractivity contribution >= 4 is 52.2 Å². The van der Waals surface area contributed by atoms with Gasteiger partial charge in [-0.1, -0.05) is 37.0 Å². The summed E-state index contributed by atoms with van der Waals surface area (Å²) in [5.74, 6) is 1.47. The maximum absolute atomic E-state index is 11.7. The third-order valence-electron chi connectivity index (χ3n) is 4.00. The van der Waals surface area contributed by atoms with E-state index >= 15 is 0 Å². The summed E-state index contributed by atoms with van der Waals surface area (Å²) in [5.41, 5.74) is 1.59. The summed E-state index contributed by atoms with van der Waals surface area (Å²) >= 11 is 13.5. The highest BCUT2D eigenvalue weighted by Gasteiger charge is 2.25. The van der Waals surface area contributed by atoms with E-state index in [1.54, 1.807) is 31.4 Å². The molecule has 2 aromatic carbocycles. The van der Waals surface area contributed by atoms with Gasteiger partial charge >= 0.3 is 0 Å². The smallest absolute Gasteiger partial charge is 0.290 e. The maximum Gasteiger partial charge on any atom is 0.290 e. The molecule has 0 unspecified atom stereocenters. The van der Waals surface area contributed by atoms with Gasteiger partial charge in [-0.3, -0.25) is 14.9 Å². The number of methoxy groups -OCH3 is 1. The van der Waals surface area contributed by atoms with Crippen LogP contribution in [0, 0.1) is 0 Å². The average molecular weight is 438 g/mol. The van der Waals surface area contributed by atoms with E-state index in [1.165, 1.54) is 0 Å². The molecule has 2 aromatic rings. The number of imide groups is 1. The zero-order valence-electron chi connectivity index (χ0n) is 15.3. The molecule has 0 aliphatic carbocycles. The summed E-state index contributed by atoms with van der Waals surface area (Å²) in [6.07, 6.45) is 1.55. The third kappa shape index (κ3) is 4.46. The number of nitrogens with one attached hydrogen (secondary N) is 1. The van der Waals surface area contributed by atoms with E-state index in [4.69, 9.17) is 32.7 Å². The summed E-state index contributed by atoms with van der Waals surface area (Å²) in [6.45, 7) is 4.12. The Kier molecular flexibility index (Phi) is 6.23. The molecule has 146 valence electrons. The molecule has 5 nitrogen and oxygen atoms in total. The first-order chi connectivity index (χ1) is 13.3. The van der Waals surface area contributed by atoms with Gasteiger partial charge in [-0.15, -0.1) is 0 Å². The highest BCUT2D eigenvalue weighted by molar-refractivity contribution is 8.18. The molecule has 1 saturated heterocycles. The van der Waals surface area contributed by atoms with Crippen molar-refractivity contribution in [2.45, 2.75) is 19.8 Å². The van der Waals surface area contributed by atoms with E-state index in [-0.39, 0.29) is 20.9 Å². The first-order valence-electron chi connectivity index (χ1n) is 8.38. The summed E-state index contributed by atoms with van der Waals surface area (Å²) in [7, 11) is 1.62. The Morgan fingerprint density at radius 2 is 1.79 bits per heavy atom. The minimum Gasteiger partial charge on any atom is -0.496 e. The molecule has 0 aromatic heterocycles. The molecule has 0 saturated carbocycles. The fourth-order valence-corrected chi connectivity index (χ4v) is 3.94. The monoisotopic (exact) mass is 437 g/mol. The molecule has 0 radical (unpaired) electrons. The number of benzene rings is 2. The SMILES string of the molecule is COc1ccc(Oc2c(Cl)cc(C=C3SC(=O)NC3=O)cc2Cl)cc1C(C)C. The van der Waals surface area contributed by atoms with Crippen molar-refractivity contribution < 1.29 is 19.1 Å². The molecule has 1 N–H and O–H groups in total. The minimum absolute atomic E-state index is 0.246. The van der Waals surface area contributed by atoms with E-state index in [0.29, 0.717) is 17.1 Å². The van der Waals surface area contributed by atoms with Crippen LogP contribution < -0.4 is 14.8 Å². The normalized spacial score (nSPS) is 15.3. The van der Waals surface area contributed by atoms with Gasteiger partial charge in [-0.05, 0) is 59.7 Å². The Labute approximate surface area is 177 Å². The second-order valence-corrected chi connectivity index (χ2v) is 8.16. The first-order valence-corrected chi connectivity index (χ1v) is 9.95. The summed E-state index contributed by atoms with van der Waals surface area (Å²) in [5, 5.41) is 2.37. The molecule has 8 heteroatoms. The number of hydrogen-bond acceptors (Lipinski definition) is 5. The molecule has 0 atom stereocenters. The molecular formula is C20H17Cl2NO4S. The number of carbonyl (C=O) groups excluding carboxylic acids is 2. The van der Waals surface area contributed by atoms with Gasteiger partial charge in [0.05, 0.1) is 22.1 Å². The first kappa shape index (κ1) is 20.6. The van der Waals surface area contributed by atoms with Gasteiger partial charge in [0, 0.05) is 5.56 Å². The van der Waals surface area contributed by atoms with E-state index in [1.807, 2.05) is 12.1 Å². The molecule has 1 aliphatic rings. The van der Waals surface area contributed by atoms with E-state index in [2.05, 4.69) is 19.2 Å². The van der Waals surface area contributed by atoms with Crippen molar-refractivity contribution in [3.63, 3.8) is 0 Å². The van der Waals surface area contributed by atoms with E-state index in [9.17, 15) is 9.59 Å². The highest BCUT2D eigenvalue weighted by atomic mass is 35.5. The Balaban J connectivity index is 1.90. The van der Waals surface area contributed by atoms with Crippen molar-refractivity contribution in [3.05, 3.63) is 56.4 Å². The van der Waals surface area contributed by atoms with Crippen LogP contribution in [-0.2, 0) is 4.79 Å². The molecule has 1 fully saturated rings. The van der Waals surface area contributed by atoms with Crippen LogP contribution in [0.4, 0.5) is 4.79 Å². The van der Waals surface area contributed by atoms with Crippen LogP contribution in [-0.4, -0.2) is 18.3 Å². The average Bonchev–Trinajstić information content (AvgIpc) is 2.95. The molecular weight excluding hydrogens is 421 g/mol. The largest absolute Gasteiger partial charge is 0.496 e. The lowest BCUT2D eigenvalue weighted by Crippen LogP contribution is -2.17. The summed E-state index contributed by atoms with van der Waals surface area (Å²) < 4.78 is 11.3. The van der Waals surface area contributed by atoms with Crippen LogP contribution in [0.3, 0.4) is 0 Å². The number of thioether (sulfide) groups is 1. The second kappa shape index (κ2) is 8.47. The lowest BCUT2D eigenvalue weighted by Gasteiger charge is -2.15. The third-order valence-corrected chi connectivity index (χ3v) is 5.38. The number of halogens is 2. The van der Waals surface area contributed by atoms with Crippen LogP contribution in [0.25, 0.3) is 6.08 Å². The lowest BCUT2D eigenvalue weighted by atomic mass is 10.0. The number of amides is 2. The Hall–Kier alpha value is -2.15. The molecule has 2 amide bonds. The lowest BCUT2D eigenvalue weighted by molar-refractivity contribution is -0.115. The van der Waals surface area contributed by atoms with Crippen LogP contribution >= 0.6 is 35.0 Å². The molecule has 28 heavy (non-hydrogen) atoms. The molecule has 1 aliphatic heterocycles. The quantitative estimate of drug-likeness (QED) is 0.560. The maximum atomic E-state index is 11.7. The van der Waals surface area contributed by atoms with E-state index < -0.39 is 11.1 Å². The Bertz CT molecular complexity index is 965. The van der Waals surface area contributed by atoms with Gasteiger partial charge in [0.15, 0.2) is 5.75 Å². The second-order valence-electron chi connectivity index (χ2n) is 6.33. The van der Waals surface area contributed by atoms with E-state index in [0.717, 1.165) is 23.1 Å². The predicted molar refractivity (Wildman–Crippen MR) is 113 cm³/mol. The Morgan fingerprint density at radius 3 is 2.32 bits per heavy atom. The van der Waals surface area contributed by atoms with Crippen molar-refractivity contribution in [2.24, 2.45) is 0 Å². The fraction of sp³-hybridized carbons (Fsp3) is 0.200. The standard InChI is InChI=1S/C20H17Cl2NO4S/c1-10(2)13-9-12(4-5-16(13)26-3)27-18-14(21)6-11(7-15(18)22)8-17-19(24)23-20(25)28-17/h4-10H,1-3H3,(H,23,24,25). The van der Waals surface area contributed by atoms with Crippen molar-refractivity contribution in [2.75, 3.05) is 7.11 Å². The van der Waals surface area contributed by atoms with Gasteiger partial charge in [-0.2, -0.15) is 0 Å². The van der Waals surface area contributed by atoms with Crippen molar-refractivity contribution in [1.29, 1.82) is 0 Å². The number of ether oxygens (including phenoxy) is 2. The zero-order valence-corrected chi connectivity index (χ0v) is 17.7. The van der Waals surface area contributed by atoms with Crippen molar-refractivity contribution in [1.82, 2.24) is 5.32 Å².